The number of nitrogens with one attached hydrogen (secondary N) is 1. The van der Waals surface area contributed by atoms with Gasteiger partial charge >= 0.3 is 0 Å². The maximum Gasteiger partial charge on any atom is 0.0948 e. The van der Waals surface area contributed by atoms with Crippen molar-refractivity contribution < 1.29 is 0 Å². The highest BCUT2D eigenvalue weighted by Gasteiger charge is 2.23. The van der Waals surface area contributed by atoms with E-state index in [2.05, 4.69) is 22.3 Å². The maximum atomic E-state index is 5.92. The molecule has 4 heteroatoms. The third-order valence-electron chi connectivity index (χ3n) is 3.12. The van der Waals surface area contributed by atoms with Gasteiger partial charge in [0.05, 0.1) is 11.0 Å². The van der Waals surface area contributed by atoms with Crippen molar-refractivity contribution >= 4 is 17.2 Å². The van der Waals surface area contributed by atoms with Crippen molar-refractivity contribution in [1.82, 2.24) is 10.2 Å². The van der Waals surface area contributed by atoms with Crippen molar-refractivity contribution in [2.24, 2.45) is 5.73 Å². The summed E-state index contributed by atoms with van der Waals surface area (Å²) in [6.07, 6.45) is 1.14. The van der Waals surface area contributed by atoms with E-state index in [-0.39, 0.29) is 6.04 Å². The number of nitrogens with two attached hydrogens (primary N) is 1. The molecule has 0 radical (unpaired) electrons. The van der Waals surface area contributed by atoms with E-state index in [0.29, 0.717) is 4.99 Å². The Morgan fingerprint density at radius 1 is 1.24 bits per heavy atom. The fraction of sp³-hybridized carbons (Fsp3) is 0.462. The topological polar surface area (TPSA) is 41.3 Å². The fourth-order valence-corrected chi connectivity index (χ4v) is 2.60. The average Bonchev–Trinajstić information content (AvgIpc) is 2.59. The first-order valence-corrected chi connectivity index (χ1v) is 6.49. The highest BCUT2D eigenvalue weighted by Crippen LogP contribution is 2.21. The highest BCUT2D eigenvalue weighted by atomic mass is 32.1. The third kappa shape index (κ3) is 3.25. The zero-order chi connectivity index (χ0) is 12.1. The average molecular weight is 249 g/mol. The van der Waals surface area contributed by atoms with Gasteiger partial charge in [-0.2, -0.15) is 0 Å². The third-order valence-corrected chi connectivity index (χ3v) is 3.35. The lowest BCUT2D eigenvalue weighted by molar-refractivity contribution is 0.261. The number of benzene rings is 1. The van der Waals surface area contributed by atoms with Crippen LogP contribution in [-0.2, 0) is 0 Å². The molecular formula is C13H19N3S. The highest BCUT2D eigenvalue weighted by molar-refractivity contribution is 7.80. The Balaban J connectivity index is 2.19. The second kappa shape index (κ2) is 6.10. The standard InChI is InChI=1S/C13H19N3S/c14-13(17)12(11-5-2-1-3-6-11)16-9-4-7-15-8-10-16/h1-3,5-6,12,15H,4,7-10H2,(H2,14,17). The van der Waals surface area contributed by atoms with Crippen LogP contribution in [0.2, 0.25) is 0 Å². The fourth-order valence-electron chi connectivity index (χ4n) is 2.32. The predicted molar refractivity (Wildman–Crippen MR) is 75.0 cm³/mol. The van der Waals surface area contributed by atoms with Crippen molar-refractivity contribution in [3.05, 3.63) is 35.9 Å². The minimum absolute atomic E-state index is 0.0751. The first-order chi connectivity index (χ1) is 8.29. The molecule has 1 atom stereocenters. The molecule has 0 aliphatic carbocycles. The second-order valence-corrected chi connectivity index (χ2v) is 4.83. The van der Waals surface area contributed by atoms with Crippen molar-refractivity contribution in [3.8, 4) is 0 Å². The van der Waals surface area contributed by atoms with E-state index >= 15 is 0 Å². The van der Waals surface area contributed by atoms with Crippen LogP contribution < -0.4 is 11.1 Å². The normalized spacial score (nSPS) is 19.5. The number of nitrogens with zero attached hydrogens (tertiary/aromatic N) is 1. The van der Waals surface area contributed by atoms with Crippen LogP contribution in [0.4, 0.5) is 0 Å². The molecule has 1 aromatic rings. The van der Waals surface area contributed by atoms with E-state index in [1.165, 1.54) is 5.56 Å². The molecule has 1 aromatic carbocycles. The van der Waals surface area contributed by atoms with Gasteiger partial charge in [-0.3, -0.25) is 4.90 Å². The lowest BCUT2D eigenvalue weighted by Gasteiger charge is -2.29. The molecule has 0 amide bonds. The number of thiocarbonyl (C=S) groups is 1. The minimum Gasteiger partial charge on any atom is -0.392 e. The molecule has 2 rings (SSSR count). The number of rotatable bonds is 3. The SMILES string of the molecule is NC(=S)C(c1ccccc1)N1CCCNCC1. The van der Waals surface area contributed by atoms with Gasteiger partial charge in [-0.1, -0.05) is 42.5 Å². The first-order valence-electron chi connectivity index (χ1n) is 6.08. The molecule has 17 heavy (non-hydrogen) atoms. The summed E-state index contributed by atoms with van der Waals surface area (Å²) < 4.78 is 0. The van der Waals surface area contributed by atoms with Gasteiger partial charge in [0.2, 0.25) is 0 Å². The Morgan fingerprint density at radius 2 is 2.00 bits per heavy atom. The molecule has 0 saturated carbocycles. The van der Waals surface area contributed by atoms with Gasteiger partial charge in [-0.15, -0.1) is 0 Å². The summed E-state index contributed by atoms with van der Waals surface area (Å²) in [5.74, 6) is 0. The predicted octanol–water partition coefficient (Wildman–Crippen LogP) is 1.31. The Hall–Kier alpha value is -0.970. The van der Waals surface area contributed by atoms with Gasteiger partial charge in [-0.25, -0.2) is 0 Å². The Bertz CT molecular complexity index is 358. The van der Waals surface area contributed by atoms with Crippen LogP contribution in [0.5, 0.6) is 0 Å². The lowest BCUT2D eigenvalue weighted by Crippen LogP contribution is -2.38. The van der Waals surface area contributed by atoms with E-state index in [4.69, 9.17) is 18.0 Å². The summed E-state index contributed by atoms with van der Waals surface area (Å²) in [4.78, 5) is 2.94. The smallest absolute Gasteiger partial charge is 0.0948 e. The van der Waals surface area contributed by atoms with Crippen molar-refractivity contribution in [2.45, 2.75) is 12.5 Å². The molecule has 0 bridgehead atoms. The van der Waals surface area contributed by atoms with E-state index < -0.39 is 0 Å². The van der Waals surface area contributed by atoms with Gasteiger partial charge < -0.3 is 11.1 Å². The Kier molecular flexibility index (Phi) is 4.48. The van der Waals surface area contributed by atoms with E-state index in [1.807, 2.05) is 18.2 Å². The van der Waals surface area contributed by atoms with Crippen LogP contribution in [0.25, 0.3) is 0 Å². The molecule has 1 aliphatic heterocycles. The van der Waals surface area contributed by atoms with Crippen LogP contribution in [0.1, 0.15) is 18.0 Å². The monoisotopic (exact) mass is 249 g/mol. The van der Waals surface area contributed by atoms with Crippen LogP contribution in [0, 0.1) is 0 Å². The molecule has 0 aromatic heterocycles. The van der Waals surface area contributed by atoms with Crippen LogP contribution in [0.15, 0.2) is 30.3 Å². The van der Waals surface area contributed by atoms with Gasteiger partial charge in [-0.05, 0) is 18.5 Å². The summed E-state index contributed by atoms with van der Waals surface area (Å²) in [5.41, 5.74) is 7.12. The Labute approximate surface area is 108 Å². The Morgan fingerprint density at radius 3 is 2.71 bits per heavy atom. The molecule has 3 nitrogen and oxygen atoms in total. The summed E-state index contributed by atoms with van der Waals surface area (Å²) in [6.45, 7) is 4.13. The lowest BCUT2D eigenvalue weighted by atomic mass is 10.1. The zero-order valence-electron chi connectivity index (χ0n) is 9.93. The van der Waals surface area contributed by atoms with Gasteiger partial charge in [0, 0.05) is 19.6 Å². The molecular weight excluding hydrogens is 230 g/mol. The van der Waals surface area contributed by atoms with Crippen molar-refractivity contribution in [3.63, 3.8) is 0 Å². The van der Waals surface area contributed by atoms with Gasteiger partial charge in [0.1, 0.15) is 0 Å². The quantitative estimate of drug-likeness (QED) is 0.793. The van der Waals surface area contributed by atoms with Crippen LogP contribution in [-0.4, -0.2) is 36.1 Å². The summed E-state index contributed by atoms with van der Waals surface area (Å²) >= 11 is 5.24. The zero-order valence-corrected chi connectivity index (χ0v) is 10.7. The molecule has 1 fully saturated rings. The largest absolute Gasteiger partial charge is 0.392 e. The molecule has 1 saturated heterocycles. The first kappa shape index (κ1) is 12.5. The van der Waals surface area contributed by atoms with E-state index in [9.17, 15) is 0 Å². The minimum atomic E-state index is 0.0751. The van der Waals surface area contributed by atoms with Crippen molar-refractivity contribution in [1.29, 1.82) is 0 Å². The summed E-state index contributed by atoms with van der Waals surface area (Å²) in [5, 5.41) is 3.40. The van der Waals surface area contributed by atoms with E-state index in [0.717, 1.165) is 32.6 Å². The van der Waals surface area contributed by atoms with Crippen molar-refractivity contribution in [2.75, 3.05) is 26.2 Å². The molecule has 3 N–H and O–H groups in total. The molecule has 0 spiro atoms. The molecule has 1 aliphatic rings. The number of hydrogen-bond donors (Lipinski definition) is 2. The molecule has 1 unspecified atom stereocenters. The molecule has 92 valence electrons. The molecule has 1 heterocycles. The van der Waals surface area contributed by atoms with E-state index in [1.54, 1.807) is 0 Å². The van der Waals surface area contributed by atoms with Gasteiger partial charge in [0.25, 0.3) is 0 Å². The summed E-state index contributed by atoms with van der Waals surface area (Å²) in [6, 6.07) is 10.4. The number of hydrogen-bond acceptors (Lipinski definition) is 3. The van der Waals surface area contributed by atoms with Crippen LogP contribution in [0.3, 0.4) is 0 Å². The summed E-state index contributed by atoms with van der Waals surface area (Å²) in [7, 11) is 0. The van der Waals surface area contributed by atoms with Gasteiger partial charge in [0.15, 0.2) is 0 Å². The maximum absolute atomic E-state index is 5.92. The van der Waals surface area contributed by atoms with Crippen LogP contribution >= 0.6 is 12.2 Å². The second-order valence-electron chi connectivity index (χ2n) is 4.36.